The van der Waals surface area contributed by atoms with Crippen molar-refractivity contribution in [2.24, 2.45) is 0 Å². The van der Waals surface area contributed by atoms with Gasteiger partial charge in [-0.3, -0.25) is 4.79 Å². The molecule has 1 amide bonds. The first-order valence-electron chi connectivity index (χ1n) is 7.40. The van der Waals surface area contributed by atoms with Gasteiger partial charge in [-0.05, 0) is 48.7 Å². The molecule has 0 heterocycles. The summed E-state index contributed by atoms with van der Waals surface area (Å²) in [4.78, 5) is 12.5. The lowest BCUT2D eigenvalue weighted by Crippen LogP contribution is -2.39. The highest BCUT2D eigenvalue weighted by atomic mass is 19.1. The summed E-state index contributed by atoms with van der Waals surface area (Å²) < 4.78 is 26.1. The van der Waals surface area contributed by atoms with E-state index in [4.69, 9.17) is 5.11 Å². The van der Waals surface area contributed by atoms with Crippen molar-refractivity contribution in [2.45, 2.75) is 25.3 Å². The quantitative estimate of drug-likeness (QED) is 0.860. The van der Waals surface area contributed by atoms with Crippen LogP contribution in [-0.2, 0) is 11.2 Å². The van der Waals surface area contributed by atoms with E-state index in [1.807, 2.05) is 0 Å². The van der Waals surface area contributed by atoms with Gasteiger partial charge in [0.25, 0.3) is 0 Å². The summed E-state index contributed by atoms with van der Waals surface area (Å²) in [7, 11) is 0. The second-order valence-electron chi connectivity index (χ2n) is 5.53. The SMILES string of the molecule is C[C@@H](CO)NC(=O)C(Cc1ccc(F)cc1)c1ccc(F)cc1. The van der Waals surface area contributed by atoms with E-state index in [0.29, 0.717) is 12.0 Å². The van der Waals surface area contributed by atoms with Gasteiger partial charge in [0.05, 0.1) is 12.5 Å². The van der Waals surface area contributed by atoms with Crippen molar-refractivity contribution in [1.82, 2.24) is 5.32 Å². The minimum atomic E-state index is -0.546. The van der Waals surface area contributed by atoms with Crippen LogP contribution in [0, 0.1) is 11.6 Å². The van der Waals surface area contributed by atoms with Crippen LogP contribution in [0.25, 0.3) is 0 Å². The Bertz CT molecular complexity index is 641. The van der Waals surface area contributed by atoms with Crippen LogP contribution >= 0.6 is 0 Å². The highest BCUT2D eigenvalue weighted by molar-refractivity contribution is 5.84. The monoisotopic (exact) mass is 319 g/mol. The number of aliphatic hydroxyl groups is 1. The minimum absolute atomic E-state index is 0.168. The molecular formula is C18H19F2NO2. The first-order valence-corrected chi connectivity index (χ1v) is 7.40. The van der Waals surface area contributed by atoms with Crippen molar-refractivity contribution in [3.63, 3.8) is 0 Å². The maximum absolute atomic E-state index is 13.1. The van der Waals surface area contributed by atoms with E-state index >= 15 is 0 Å². The van der Waals surface area contributed by atoms with Crippen LogP contribution in [0.3, 0.4) is 0 Å². The van der Waals surface area contributed by atoms with Crippen LogP contribution in [-0.4, -0.2) is 23.7 Å². The molecule has 0 spiro atoms. The average molecular weight is 319 g/mol. The third kappa shape index (κ3) is 4.86. The number of carbonyl (C=O) groups is 1. The maximum atomic E-state index is 13.1. The van der Waals surface area contributed by atoms with Gasteiger partial charge in [-0.25, -0.2) is 8.78 Å². The molecule has 0 bridgehead atoms. The fourth-order valence-corrected chi connectivity index (χ4v) is 2.30. The zero-order valence-electron chi connectivity index (χ0n) is 12.8. The summed E-state index contributed by atoms with van der Waals surface area (Å²) in [5.41, 5.74) is 1.46. The van der Waals surface area contributed by atoms with Crippen molar-refractivity contribution >= 4 is 5.91 Å². The number of carbonyl (C=O) groups excluding carboxylic acids is 1. The molecule has 2 aromatic carbocycles. The molecule has 0 aromatic heterocycles. The number of aliphatic hydroxyl groups excluding tert-OH is 1. The molecule has 0 aliphatic rings. The fourth-order valence-electron chi connectivity index (χ4n) is 2.30. The molecule has 3 nitrogen and oxygen atoms in total. The number of amides is 1. The summed E-state index contributed by atoms with van der Waals surface area (Å²) in [5, 5.41) is 11.8. The highest BCUT2D eigenvalue weighted by Gasteiger charge is 2.22. The second kappa shape index (κ2) is 7.83. The van der Waals surface area contributed by atoms with Crippen molar-refractivity contribution in [3.05, 3.63) is 71.3 Å². The topological polar surface area (TPSA) is 49.3 Å². The van der Waals surface area contributed by atoms with Crippen LogP contribution in [0.15, 0.2) is 48.5 Å². The molecule has 1 unspecified atom stereocenters. The third-order valence-corrected chi connectivity index (χ3v) is 3.60. The number of hydrogen-bond donors (Lipinski definition) is 2. The molecule has 2 N–H and O–H groups in total. The van der Waals surface area contributed by atoms with Gasteiger partial charge in [-0.2, -0.15) is 0 Å². The van der Waals surface area contributed by atoms with Crippen molar-refractivity contribution in [3.8, 4) is 0 Å². The molecule has 2 rings (SSSR count). The summed E-state index contributed by atoms with van der Waals surface area (Å²) in [5.74, 6) is -1.53. The molecular weight excluding hydrogens is 300 g/mol. The van der Waals surface area contributed by atoms with Crippen molar-refractivity contribution in [2.75, 3.05) is 6.61 Å². The lowest BCUT2D eigenvalue weighted by Gasteiger charge is -2.20. The predicted molar refractivity (Wildman–Crippen MR) is 83.9 cm³/mol. The Labute approximate surface area is 134 Å². The lowest BCUT2D eigenvalue weighted by molar-refractivity contribution is -0.123. The Kier molecular flexibility index (Phi) is 5.82. The van der Waals surface area contributed by atoms with Gasteiger partial charge in [0.2, 0.25) is 5.91 Å². The van der Waals surface area contributed by atoms with Crippen molar-refractivity contribution in [1.29, 1.82) is 0 Å². The van der Waals surface area contributed by atoms with Gasteiger partial charge in [0, 0.05) is 6.04 Å². The Morgan fingerprint density at radius 1 is 1.04 bits per heavy atom. The normalized spacial score (nSPS) is 13.4. The minimum Gasteiger partial charge on any atom is -0.394 e. The molecule has 0 saturated carbocycles. The Balaban J connectivity index is 2.24. The fraction of sp³-hybridized carbons (Fsp3) is 0.278. The molecule has 5 heteroatoms. The average Bonchev–Trinajstić information content (AvgIpc) is 2.55. The first-order chi connectivity index (χ1) is 11.0. The molecule has 23 heavy (non-hydrogen) atoms. The largest absolute Gasteiger partial charge is 0.394 e. The smallest absolute Gasteiger partial charge is 0.228 e. The zero-order chi connectivity index (χ0) is 16.8. The molecule has 0 radical (unpaired) electrons. The van der Waals surface area contributed by atoms with Crippen LogP contribution in [0.4, 0.5) is 8.78 Å². The van der Waals surface area contributed by atoms with Gasteiger partial charge in [-0.1, -0.05) is 24.3 Å². The number of rotatable bonds is 6. The van der Waals surface area contributed by atoms with E-state index < -0.39 is 5.92 Å². The second-order valence-corrected chi connectivity index (χ2v) is 5.53. The third-order valence-electron chi connectivity index (χ3n) is 3.60. The van der Waals surface area contributed by atoms with Gasteiger partial charge in [-0.15, -0.1) is 0 Å². The molecule has 0 aliphatic heterocycles. The van der Waals surface area contributed by atoms with Gasteiger partial charge in [0.15, 0.2) is 0 Å². The summed E-state index contributed by atoms with van der Waals surface area (Å²) in [6, 6.07) is 11.3. The van der Waals surface area contributed by atoms with E-state index in [2.05, 4.69) is 5.32 Å². The van der Waals surface area contributed by atoms with E-state index in [9.17, 15) is 13.6 Å². The van der Waals surface area contributed by atoms with Crippen LogP contribution in [0.1, 0.15) is 24.0 Å². The van der Waals surface area contributed by atoms with Gasteiger partial charge in [0.1, 0.15) is 11.6 Å². The molecule has 122 valence electrons. The molecule has 0 aliphatic carbocycles. The standard InChI is InChI=1S/C18H19F2NO2/c1-12(11-22)21-18(23)17(14-4-8-16(20)9-5-14)10-13-2-6-15(19)7-3-13/h2-9,12,17,22H,10-11H2,1H3,(H,21,23)/t12-,17?/m0/s1. The van der Waals surface area contributed by atoms with Crippen LogP contribution < -0.4 is 5.32 Å². The van der Waals surface area contributed by atoms with E-state index in [-0.39, 0.29) is 30.2 Å². The van der Waals surface area contributed by atoms with Gasteiger partial charge < -0.3 is 10.4 Å². The molecule has 0 saturated heterocycles. The van der Waals surface area contributed by atoms with E-state index in [1.165, 1.54) is 24.3 Å². The first kappa shape index (κ1) is 17.1. The zero-order valence-corrected chi connectivity index (χ0v) is 12.8. The summed E-state index contributed by atoms with van der Waals surface area (Å²) in [6.45, 7) is 1.52. The highest BCUT2D eigenvalue weighted by Crippen LogP contribution is 2.22. The molecule has 2 atom stereocenters. The van der Waals surface area contributed by atoms with Crippen molar-refractivity contribution < 1.29 is 18.7 Å². The van der Waals surface area contributed by atoms with E-state index in [1.54, 1.807) is 31.2 Å². The lowest BCUT2D eigenvalue weighted by atomic mass is 9.91. The number of hydrogen-bond acceptors (Lipinski definition) is 2. The van der Waals surface area contributed by atoms with Crippen LogP contribution in [0.5, 0.6) is 0 Å². The Morgan fingerprint density at radius 3 is 2.09 bits per heavy atom. The number of nitrogens with one attached hydrogen (secondary N) is 1. The molecule has 2 aromatic rings. The summed E-state index contributed by atoms with van der Waals surface area (Å²) >= 11 is 0. The van der Waals surface area contributed by atoms with Gasteiger partial charge >= 0.3 is 0 Å². The number of benzene rings is 2. The Hall–Kier alpha value is -2.27. The van der Waals surface area contributed by atoms with Crippen LogP contribution in [0.2, 0.25) is 0 Å². The number of halogens is 2. The predicted octanol–water partition coefficient (Wildman–Crippen LogP) is 2.79. The molecule has 0 fully saturated rings. The maximum Gasteiger partial charge on any atom is 0.228 e. The summed E-state index contributed by atoms with van der Waals surface area (Å²) in [6.07, 6.45) is 0.357. The Morgan fingerprint density at radius 2 is 1.57 bits per heavy atom. The van der Waals surface area contributed by atoms with E-state index in [0.717, 1.165) is 5.56 Å².